The standard InChI is InChI=1S/C20H21N3O4/c24-18(15-6-8-17(9-7-15)23-11-10-21-20(23)27)22-13-16(19(25)26)12-14-4-2-1-3-5-14/h1-9,16H,10-13H2,(H,21,27)(H,22,24)(H,25,26). The highest BCUT2D eigenvalue weighted by Crippen LogP contribution is 2.17. The Morgan fingerprint density at radius 1 is 1.11 bits per heavy atom. The van der Waals surface area contributed by atoms with Crippen LogP contribution in [0.4, 0.5) is 10.5 Å². The lowest BCUT2D eigenvalue weighted by molar-refractivity contribution is -0.141. The molecule has 1 unspecified atom stereocenters. The summed E-state index contributed by atoms with van der Waals surface area (Å²) in [6.45, 7) is 1.22. The zero-order valence-electron chi connectivity index (χ0n) is 14.7. The second kappa shape index (κ2) is 8.35. The van der Waals surface area contributed by atoms with Crippen molar-refractivity contribution in [2.75, 3.05) is 24.5 Å². The Balaban J connectivity index is 1.58. The molecular weight excluding hydrogens is 346 g/mol. The average molecular weight is 367 g/mol. The molecule has 1 aliphatic rings. The van der Waals surface area contributed by atoms with Crippen LogP contribution in [0.15, 0.2) is 54.6 Å². The van der Waals surface area contributed by atoms with Gasteiger partial charge in [0.1, 0.15) is 0 Å². The van der Waals surface area contributed by atoms with Gasteiger partial charge in [-0.25, -0.2) is 4.79 Å². The van der Waals surface area contributed by atoms with Crippen molar-refractivity contribution in [3.05, 3.63) is 65.7 Å². The van der Waals surface area contributed by atoms with Crippen LogP contribution < -0.4 is 15.5 Å². The van der Waals surface area contributed by atoms with E-state index in [1.165, 1.54) is 0 Å². The van der Waals surface area contributed by atoms with Crippen LogP contribution in [-0.4, -0.2) is 42.6 Å². The van der Waals surface area contributed by atoms with Gasteiger partial charge >= 0.3 is 12.0 Å². The number of hydrogen-bond acceptors (Lipinski definition) is 3. The number of rotatable bonds is 7. The van der Waals surface area contributed by atoms with Crippen molar-refractivity contribution < 1.29 is 19.5 Å². The molecule has 0 saturated carbocycles. The minimum atomic E-state index is -0.949. The van der Waals surface area contributed by atoms with Crippen LogP contribution in [0.5, 0.6) is 0 Å². The molecule has 3 rings (SSSR count). The van der Waals surface area contributed by atoms with Gasteiger partial charge in [0.05, 0.1) is 5.92 Å². The first kappa shape index (κ1) is 18.4. The minimum absolute atomic E-state index is 0.0410. The molecule has 2 aromatic carbocycles. The highest BCUT2D eigenvalue weighted by molar-refractivity contribution is 5.97. The summed E-state index contributed by atoms with van der Waals surface area (Å²) in [5, 5.41) is 14.8. The maximum Gasteiger partial charge on any atom is 0.321 e. The van der Waals surface area contributed by atoms with Crippen LogP contribution in [-0.2, 0) is 11.2 Å². The largest absolute Gasteiger partial charge is 0.481 e. The number of urea groups is 1. The monoisotopic (exact) mass is 367 g/mol. The number of aliphatic carboxylic acids is 1. The molecule has 0 aromatic heterocycles. The Hall–Kier alpha value is -3.35. The first-order chi connectivity index (χ1) is 13.0. The Morgan fingerprint density at radius 2 is 1.81 bits per heavy atom. The van der Waals surface area contributed by atoms with Crippen LogP contribution in [0.25, 0.3) is 0 Å². The SMILES string of the molecule is O=C(NCC(Cc1ccccc1)C(=O)O)c1ccc(N2CCNC2=O)cc1. The highest BCUT2D eigenvalue weighted by Gasteiger charge is 2.22. The van der Waals surface area contributed by atoms with Gasteiger partial charge in [0.25, 0.3) is 5.91 Å². The third kappa shape index (κ3) is 4.63. The molecule has 0 aliphatic carbocycles. The van der Waals surface area contributed by atoms with Gasteiger partial charge in [-0.15, -0.1) is 0 Å². The number of hydrogen-bond donors (Lipinski definition) is 3. The topological polar surface area (TPSA) is 98.7 Å². The van der Waals surface area contributed by atoms with Gasteiger partial charge in [-0.1, -0.05) is 30.3 Å². The van der Waals surface area contributed by atoms with E-state index in [0.29, 0.717) is 30.8 Å². The highest BCUT2D eigenvalue weighted by atomic mass is 16.4. The quantitative estimate of drug-likeness (QED) is 0.696. The van der Waals surface area contributed by atoms with Crippen molar-refractivity contribution in [2.45, 2.75) is 6.42 Å². The first-order valence-corrected chi connectivity index (χ1v) is 8.75. The number of carbonyl (C=O) groups excluding carboxylic acids is 2. The lowest BCUT2D eigenvalue weighted by atomic mass is 9.99. The lowest BCUT2D eigenvalue weighted by Crippen LogP contribution is -2.34. The van der Waals surface area contributed by atoms with E-state index in [0.717, 1.165) is 5.56 Å². The normalized spacial score (nSPS) is 14.5. The van der Waals surface area contributed by atoms with Crippen LogP contribution in [0, 0.1) is 5.92 Å². The number of nitrogens with one attached hydrogen (secondary N) is 2. The molecule has 7 nitrogen and oxygen atoms in total. The van der Waals surface area contributed by atoms with E-state index in [2.05, 4.69) is 10.6 Å². The molecular formula is C20H21N3O4. The lowest BCUT2D eigenvalue weighted by Gasteiger charge is -2.15. The predicted molar refractivity (Wildman–Crippen MR) is 101 cm³/mol. The summed E-state index contributed by atoms with van der Waals surface area (Å²) in [7, 11) is 0. The van der Waals surface area contributed by atoms with E-state index in [-0.39, 0.29) is 18.5 Å². The number of nitrogens with zero attached hydrogens (tertiary/aromatic N) is 1. The molecule has 0 spiro atoms. The number of benzene rings is 2. The number of carboxylic acids is 1. The molecule has 7 heteroatoms. The average Bonchev–Trinajstić information content (AvgIpc) is 3.11. The van der Waals surface area contributed by atoms with Gasteiger partial charge < -0.3 is 15.7 Å². The van der Waals surface area contributed by atoms with Gasteiger partial charge in [-0.2, -0.15) is 0 Å². The van der Waals surface area contributed by atoms with E-state index < -0.39 is 11.9 Å². The van der Waals surface area contributed by atoms with E-state index in [9.17, 15) is 19.5 Å². The zero-order chi connectivity index (χ0) is 19.2. The number of carboxylic acid groups (broad SMARTS) is 1. The molecule has 1 atom stereocenters. The van der Waals surface area contributed by atoms with E-state index in [1.54, 1.807) is 29.2 Å². The molecule has 3 amide bonds. The van der Waals surface area contributed by atoms with Crippen molar-refractivity contribution in [2.24, 2.45) is 5.92 Å². The molecule has 1 fully saturated rings. The molecule has 27 heavy (non-hydrogen) atoms. The fourth-order valence-corrected chi connectivity index (χ4v) is 2.97. The maximum atomic E-state index is 12.3. The summed E-state index contributed by atoms with van der Waals surface area (Å²) >= 11 is 0. The van der Waals surface area contributed by atoms with Crippen molar-refractivity contribution in [1.82, 2.24) is 10.6 Å². The molecule has 1 heterocycles. The van der Waals surface area contributed by atoms with Gasteiger partial charge in [-0.3, -0.25) is 14.5 Å². The van der Waals surface area contributed by atoms with Crippen LogP contribution in [0.3, 0.4) is 0 Å². The van der Waals surface area contributed by atoms with Crippen molar-refractivity contribution in [3.63, 3.8) is 0 Å². The first-order valence-electron chi connectivity index (χ1n) is 8.75. The van der Waals surface area contributed by atoms with Crippen molar-refractivity contribution in [1.29, 1.82) is 0 Å². The zero-order valence-corrected chi connectivity index (χ0v) is 14.7. The summed E-state index contributed by atoms with van der Waals surface area (Å²) in [6, 6.07) is 15.8. The maximum absolute atomic E-state index is 12.3. The van der Waals surface area contributed by atoms with Gasteiger partial charge in [0, 0.05) is 30.9 Å². The summed E-state index contributed by atoms with van der Waals surface area (Å²) in [5.41, 5.74) is 2.05. The van der Waals surface area contributed by atoms with E-state index >= 15 is 0 Å². The predicted octanol–water partition coefficient (Wildman–Crippen LogP) is 1.89. The number of anilines is 1. The second-order valence-corrected chi connectivity index (χ2v) is 6.37. The Kier molecular flexibility index (Phi) is 5.71. The summed E-state index contributed by atoms with van der Waals surface area (Å²) in [6.07, 6.45) is 0.347. The fourth-order valence-electron chi connectivity index (χ4n) is 2.97. The summed E-state index contributed by atoms with van der Waals surface area (Å²) < 4.78 is 0. The van der Waals surface area contributed by atoms with E-state index in [1.807, 2.05) is 30.3 Å². The van der Waals surface area contributed by atoms with Crippen molar-refractivity contribution >= 4 is 23.6 Å². The smallest absolute Gasteiger partial charge is 0.321 e. The van der Waals surface area contributed by atoms with Gasteiger partial charge in [0.2, 0.25) is 0 Å². The van der Waals surface area contributed by atoms with Crippen LogP contribution in [0.2, 0.25) is 0 Å². The fraction of sp³-hybridized carbons (Fsp3) is 0.250. The number of carbonyl (C=O) groups is 3. The Bertz CT molecular complexity index is 821. The van der Waals surface area contributed by atoms with Gasteiger partial charge in [-0.05, 0) is 36.2 Å². The molecule has 3 N–H and O–H groups in total. The van der Waals surface area contributed by atoms with Crippen LogP contribution in [0.1, 0.15) is 15.9 Å². The Morgan fingerprint density at radius 3 is 2.41 bits per heavy atom. The molecule has 1 aliphatic heterocycles. The van der Waals surface area contributed by atoms with Gasteiger partial charge in [0.15, 0.2) is 0 Å². The Labute approximate surface area is 157 Å². The van der Waals surface area contributed by atoms with E-state index in [4.69, 9.17) is 0 Å². The second-order valence-electron chi connectivity index (χ2n) is 6.37. The van der Waals surface area contributed by atoms with Crippen LogP contribution >= 0.6 is 0 Å². The number of amides is 3. The molecule has 1 saturated heterocycles. The van der Waals surface area contributed by atoms with Crippen molar-refractivity contribution in [3.8, 4) is 0 Å². The molecule has 140 valence electrons. The minimum Gasteiger partial charge on any atom is -0.481 e. The molecule has 0 radical (unpaired) electrons. The third-order valence-electron chi connectivity index (χ3n) is 4.48. The summed E-state index contributed by atoms with van der Waals surface area (Å²) in [4.78, 5) is 37.1. The summed E-state index contributed by atoms with van der Waals surface area (Å²) in [5.74, 6) is -2.00. The third-order valence-corrected chi connectivity index (χ3v) is 4.48. The molecule has 2 aromatic rings. The molecule has 0 bridgehead atoms.